The lowest BCUT2D eigenvalue weighted by Crippen LogP contribution is -2.42. The largest absolute Gasteiger partial charge is 0.460 e. The molecule has 0 spiro atoms. The molecular weight excluding hydrogens is 406 g/mol. The first-order valence-corrected chi connectivity index (χ1v) is 11.5. The summed E-state index contributed by atoms with van der Waals surface area (Å²) >= 11 is 0. The van der Waals surface area contributed by atoms with Crippen LogP contribution in [0.5, 0.6) is 0 Å². The maximum absolute atomic E-state index is 13.2. The van der Waals surface area contributed by atoms with Crippen LogP contribution >= 0.6 is 0 Å². The number of sulfone groups is 1. The van der Waals surface area contributed by atoms with Crippen LogP contribution < -0.4 is 5.32 Å². The molecule has 2 aromatic rings. The van der Waals surface area contributed by atoms with Gasteiger partial charge >= 0.3 is 0 Å². The highest BCUT2D eigenvalue weighted by Crippen LogP contribution is 2.50. The van der Waals surface area contributed by atoms with Crippen LogP contribution in [0.2, 0.25) is 0 Å². The molecule has 0 amide bonds. The number of aryl methyl sites for hydroxylation is 1. The van der Waals surface area contributed by atoms with Crippen molar-refractivity contribution in [2.24, 2.45) is 0 Å². The van der Waals surface area contributed by atoms with Crippen LogP contribution in [0.15, 0.2) is 33.4 Å². The molecule has 0 fully saturated rings. The maximum Gasteiger partial charge on any atom is 0.228 e. The first kappa shape index (κ1) is 17.8. The Hall–Kier alpha value is -3.00. The van der Waals surface area contributed by atoms with Crippen molar-refractivity contribution in [2.75, 3.05) is 12.3 Å². The van der Waals surface area contributed by atoms with Crippen LogP contribution in [0.4, 0.5) is 0 Å². The average Bonchev–Trinajstić information content (AvgIpc) is 3.15. The molecule has 152 valence electrons. The maximum atomic E-state index is 13.2. The van der Waals surface area contributed by atoms with Gasteiger partial charge in [0.05, 0.1) is 12.0 Å². The van der Waals surface area contributed by atoms with E-state index >= 15 is 0 Å². The van der Waals surface area contributed by atoms with E-state index in [1.54, 1.807) is 12.3 Å². The summed E-state index contributed by atoms with van der Waals surface area (Å²) in [5, 5.41) is 2.80. The van der Waals surface area contributed by atoms with Gasteiger partial charge in [0.1, 0.15) is 10.6 Å². The monoisotopic (exact) mass is 423 g/mol. The smallest absolute Gasteiger partial charge is 0.228 e. The summed E-state index contributed by atoms with van der Waals surface area (Å²) in [7, 11) is -3.86. The Morgan fingerprint density at radius 3 is 2.60 bits per heavy atom. The van der Waals surface area contributed by atoms with Crippen LogP contribution in [-0.4, -0.2) is 38.1 Å². The molecule has 1 aromatic heterocycles. The number of hydrogen-bond acceptors (Lipinski definition) is 7. The van der Waals surface area contributed by atoms with Gasteiger partial charge in [-0.2, -0.15) is 0 Å². The lowest BCUT2D eigenvalue weighted by atomic mass is 9.62. The van der Waals surface area contributed by atoms with Crippen LogP contribution in [0, 0.1) is 0 Å². The van der Waals surface area contributed by atoms with Gasteiger partial charge < -0.3 is 9.73 Å². The molecule has 1 N–H and O–H groups in total. The Labute approximate surface area is 172 Å². The zero-order chi connectivity index (χ0) is 21.0. The summed E-state index contributed by atoms with van der Waals surface area (Å²) in [6.45, 7) is 2.11. The molecule has 1 atom stereocenters. The van der Waals surface area contributed by atoms with Crippen LogP contribution in [-0.2, 0) is 21.7 Å². The molecule has 0 radical (unpaired) electrons. The molecule has 2 heterocycles. The van der Waals surface area contributed by atoms with Gasteiger partial charge in [-0.25, -0.2) is 8.42 Å². The van der Waals surface area contributed by atoms with Gasteiger partial charge in [0.25, 0.3) is 0 Å². The standard InChI is InChI=1S/C22H17NO6S/c1-22-4-2-3-10-9-29-20(15(10)22)18(25)13-7-11-12(8-14(13)22)17(24)16-21(19(11)26)30(27,28)6-5-23-16/h7-9,23H,2-6H2,1H3/t22-/m0/s1. The number of fused-ring (bicyclic) bond motifs is 3. The Kier molecular flexibility index (Phi) is 3.19. The summed E-state index contributed by atoms with van der Waals surface area (Å²) in [5.41, 5.74) is 2.34. The highest BCUT2D eigenvalue weighted by molar-refractivity contribution is 7.96. The second-order valence-corrected chi connectivity index (χ2v) is 10.6. The van der Waals surface area contributed by atoms with E-state index in [4.69, 9.17) is 4.42 Å². The zero-order valence-electron chi connectivity index (χ0n) is 16.1. The third-order valence-corrected chi connectivity index (χ3v) is 8.63. The lowest BCUT2D eigenvalue weighted by molar-refractivity contribution is 0.0970. The number of ketones is 3. The van der Waals surface area contributed by atoms with Gasteiger partial charge in [-0.15, -0.1) is 0 Å². The highest BCUT2D eigenvalue weighted by Gasteiger charge is 2.48. The molecule has 0 unspecified atom stereocenters. The van der Waals surface area contributed by atoms with E-state index in [9.17, 15) is 22.8 Å². The normalized spacial score (nSPS) is 25.8. The second-order valence-electron chi connectivity index (χ2n) is 8.53. The molecule has 8 heteroatoms. The number of nitrogens with one attached hydrogen (secondary N) is 1. The van der Waals surface area contributed by atoms with Crippen molar-refractivity contribution >= 4 is 27.2 Å². The molecule has 0 saturated heterocycles. The van der Waals surface area contributed by atoms with Crippen LogP contribution in [0.3, 0.4) is 0 Å². The summed E-state index contributed by atoms with van der Waals surface area (Å²) in [5.74, 6) is -1.56. The highest BCUT2D eigenvalue weighted by atomic mass is 32.2. The predicted octanol–water partition coefficient (Wildman–Crippen LogP) is 2.07. The zero-order valence-corrected chi connectivity index (χ0v) is 16.9. The van der Waals surface area contributed by atoms with Gasteiger partial charge in [-0.3, -0.25) is 14.4 Å². The quantitative estimate of drug-likeness (QED) is 0.691. The Morgan fingerprint density at radius 1 is 1.03 bits per heavy atom. The number of benzene rings is 1. The van der Waals surface area contributed by atoms with Crippen molar-refractivity contribution in [2.45, 2.75) is 31.6 Å². The minimum absolute atomic E-state index is 0.0345. The third kappa shape index (κ3) is 1.95. The van der Waals surface area contributed by atoms with Crippen LogP contribution in [0.25, 0.3) is 0 Å². The van der Waals surface area contributed by atoms with E-state index in [0.29, 0.717) is 11.1 Å². The molecule has 7 nitrogen and oxygen atoms in total. The Balaban J connectivity index is 1.64. The van der Waals surface area contributed by atoms with Crippen molar-refractivity contribution in [1.29, 1.82) is 0 Å². The van der Waals surface area contributed by atoms with Gasteiger partial charge in [0.2, 0.25) is 17.3 Å². The average molecular weight is 423 g/mol. The number of rotatable bonds is 0. The molecule has 30 heavy (non-hydrogen) atoms. The second kappa shape index (κ2) is 5.37. The predicted molar refractivity (Wildman–Crippen MR) is 105 cm³/mol. The first-order chi connectivity index (χ1) is 14.2. The van der Waals surface area contributed by atoms with Crippen molar-refractivity contribution in [1.82, 2.24) is 5.32 Å². The van der Waals surface area contributed by atoms with E-state index in [1.165, 1.54) is 6.07 Å². The van der Waals surface area contributed by atoms with Crippen molar-refractivity contribution in [3.8, 4) is 0 Å². The fourth-order valence-electron chi connectivity index (χ4n) is 5.46. The van der Waals surface area contributed by atoms with Gasteiger partial charge in [0.15, 0.2) is 15.6 Å². The van der Waals surface area contributed by atoms with E-state index in [2.05, 4.69) is 5.32 Å². The topological polar surface area (TPSA) is 111 Å². The van der Waals surface area contributed by atoms with E-state index in [0.717, 1.165) is 30.4 Å². The van der Waals surface area contributed by atoms with Crippen molar-refractivity contribution in [3.05, 3.63) is 68.1 Å². The third-order valence-electron chi connectivity index (χ3n) is 6.88. The van der Waals surface area contributed by atoms with Gasteiger partial charge in [0, 0.05) is 34.2 Å². The summed E-state index contributed by atoms with van der Waals surface area (Å²) in [6.07, 6.45) is 4.15. The summed E-state index contributed by atoms with van der Waals surface area (Å²) < 4.78 is 30.6. The van der Waals surface area contributed by atoms with E-state index in [-0.39, 0.29) is 40.7 Å². The molecule has 6 rings (SSSR count). The molecule has 3 aliphatic carbocycles. The SMILES string of the molecule is C[C@@]12CCCc3coc(c31)C(=O)c1cc3c(cc12)C(=O)C1=C(C3=O)S(=O)(=O)CCN1. The molecule has 0 saturated carbocycles. The number of Topliss-reactive ketones (excluding diaryl/α,β-unsaturated/α-hetero) is 2. The first-order valence-electron chi connectivity index (χ1n) is 9.88. The Bertz CT molecular complexity index is 1380. The lowest BCUT2D eigenvalue weighted by Gasteiger charge is -2.39. The van der Waals surface area contributed by atoms with E-state index in [1.807, 2.05) is 6.92 Å². The Morgan fingerprint density at radius 2 is 1.80 bits per heavy atom. The number of furan rings is 1. The summed E-state index contributed by atoms with van der Waals surface area (Å²) in [6, 6.07) is 3.02. The minimum atomic E-state index is -3.86. The summed E-state index contributed by atoms with van der Waals surface area (Å²) in [4.78, 5) is 39.0. The van der Waals surface area contributed by atoms with Crippen LogP contribution in [0.1, 0.15) is 73.3 Å². The molecule has 0 bridgehead atoms. The van der Waals surface area contributed by atoms with Gasteiger partial charge in [-0.1, -0.05) is 6.92 Å². The minimum Gasteiger partial charge on any atom is -0.460 e. The molecule has 1 aliphatic heterocycles. The van der Waals surface area contributed by atoms with Gasteiger partial charge in [-0.05, 0) is 42.5 Å². The van der Waals surface area contributed by atoms with Crippen molar-refractivity contribution in [3.63, 3.8) is 0 Å². The number of carbonyl (C=O) groups is 3. The molecular formula is C22H17NO6S. The number of hydrogen-bond donors (Lipinski definition) is 1. The van der Waals surface area contributed by atoms with E-state index < -0.39 is 31.7 Å². The molecule has 4 aliphatic rings. The fourth-order valence-corrected chi connectivity index (χ4v) is 6.91. The fraction of sp³-hybridized carbons (Fsp3) is 0.318. The number of carbonyl (C=O) groups excluding carboxylic acids is 3. The number of allylic oxidation sites excluding steroid dienone is 2. The van der Waals surface area contributed by atoms with Crippen molar-refractivity contribution < 1.29 is 27.2 Å². The molecule has 1 aromatic carbocycles.